The monoisotopic (exact) mass is 443 g/mol. The summed E-state index contributed by atoms with van der Waals surface area (Å²) in [5.74, 6) is 0.166. The van der Waals surface area contributed by atoms with E-state index in [1.165, 1.54) is 16.0 Å². The molecule has 1 aliphatic rings. The van der Waals surface area contributed by atoms with Crippen molar-refractivity contribution >= 4 is 29.1 Å². The lowest BCUT2D eigenvalue weighted by molar-refractivity contribution is -0.180. The molecule has 1 aliphatic heterocycles. The molecule has 1 aromatic heterocycles. The molecule has 0 amide bonds. The minimum absolute atomic E-state index is 0.0284. The molecule has 0 saturated carbocycles. The second-order valence-corrected chi connectivity index (χ2v) is 9.16. The summed E-state index contributed by atoms with van der Waals surface area (Å²) in [6.45, 7) is 3.28. The molecule has 1 saturated heterocycles. The van der Waals surface area contributed by atoms with E-state index in [1.807, 2.05) is 35.0 Å². The highest BCUT2D eigenvalue weighted by Gasteiger charge is 2.41. The lowest BCUT2D eigenvalue weighted by atomic mass is 10.0. The Hall–Kier alpha value is -1.99. The summed E-state index contributed by atoms with van der Waals surface area (Å²) < 4.78 is 14.8. The standard InChI is InChI=1S/C23H26ClN3O2S/c1-17-12-20(25)6-7-22(17)30-14-21-13-28-23(29-21,15-27-11-10-26-16-27)9-8-18-2-4-19(24)5-3-18/h2-7,10-12,16,21H,8-9,13-15,25H2,1H3/t21-,23-/m1/s1. The number of halogens is 1. The van der Waals surface area contributed by atoms with Gasteiger partial charge >= 0.3 is 0 Å². The van der Waals surface area contributed by atoms with Crippen LogP contribution in [0.5, 0.6) is 0 Å². The fourth-order valence-corrected chi connectivity index (χ4v) is 4.76. The zero-order valence-electron chi connectivity index (χ0n) is 17.0. The van der Waals surface area contributed by atoms with E-state index < -0.39 is 5.79 Å². The first-order chi connectivity index (χ1) is 14.5. The van der Waals surface area contributed by atoms with Gasteiger partial charge in [-0.25, -0.2) is 4.98 Å². The number of anilines is 1. The average molecular weight is 444 g/mol. The van der Waals surface area contributed by atoms with Crippen LogP contribution < -0.4 is 5.73 Å². The van der Waals surface area contributed by atoms with Crippen LogP contribution in [0.3, 0.4) is 0 Å². The lowest BCUT2D eigenvalue weighted by Crippen LogP contribution is -2.37. The van der Waals surface area contributed by atoms with E-state index in [2.05, 4.69) is 30.1 Å². The highest BCUT2D eigenvalue weighted by molar-refractivity contribution is 7.99. The Balaban J connectivity index is 1.41. The Morgan fingerprint density at radius 1 is 1.27 bits per heavy atom. The molecular formula is C23H26ClN3O2S. The van der Waals surface area contributed by atoms with E-state index in [-0.39, 0.29) is 6.10 Å². The predicted octanol–water partition coefficient (Wildman–Crippen LogP) is 4.96. The van der Waals surface area contributed by atoms with Crippen LogP contribution in [0.15, 0.2) is 66.1 Å². The average Bonchev–Trinajstić information content (AvgIpc) is 3.38. The van der Waals surface area contributed by atoms with Gasteiger partial charge in [0.05, 0.1) is 25.6 Å². The Bertz CT molecular complexity index is 965. The largest absolute Gasteiger partial charge is 0.399 e. The molecule has 30 heavy (non-hydrogen) atoms. The van der Waals surface area contributed by atoms with Gasteiger partial charge in [0.25, 0.3) is 0 Å². The molecule has 1 fully saturated rings. The highest BCUT2D eigenvalue weighted by atomic mass is 35.5. The molecule has 2 N–H and O–H groups in total. The van der Waals surface area contributed by atoms with Gasteiger partial charge in [-0.2, -0.15) is 0 Å². The fourth-order valence-electron chi connectivity index (χ4n) is 3.65. The number of benzene rings is 2. The van der Waals surface area contributed by atoms with Crippen molar-refractivity contribution in [2.24, 2.45) is 0 Å². The van der Waals surface area contributed by atoms with Gasteiger partial charge in [-0.05, 0) is 54.8 Å². The maximum absolute atomic E-state index is 6.51. The van der Waals surface area contributed by atoms with E-state index in [1.54, 1.807) is 24.3 Å². The third-order valence-corrected chi connectivity index (χ3v) is 6.79. The molecule has 0 radical (unpaired) electrons. The second kappa shape index (κ2) is 9.43. The van der Waals surface area contributed by atoms with Crippen molar-refractivity contribution < 1.29 is 9.47 Å². The number of nitrogen functional groups attached to an aromatic ring is 1. The predicted molar refractivity (Wildman–Crippen MR) is 122 cm³/mol. The van der Waals surface area contributed by atoms with Crippen LogP contribution in [0.25, 0.3) is 0 Å². The lowest BCUT2D eigenvalue weighted by Gasteiger charge is -2.28. The summed E-state index contributed by atoms with van der Waals surface area (Å²) in [4.78, 5) is 5.38. The number of imidazole rings is 1. The van der Waals surface area contributed by atoms with Gasteiger partial charge < -0.3 is 19.8 Å². The van der Waals surface area contributed by atoms with Gasteiger partial charge in [0.15, 0.2) is 5.79 Å². The number of nitrogens with zero attached hydrogens (tertiary/aromatic N) is 2. The van der Waals surface area contributed by atoms with Gasteiger partial charge in [0.1, 0.15) is 0 Å². The van der Waals surface area contributed by atoms with E-state index in [0.717, 1.165) is 29.3 Å². The molecule has 4 rings (SSSR count). The number of hydrogen-bond acceptors (Lipinski definition) is 5. The summed E-state index contributed by atoms with van der Waals surface area (Å²) >= 11 is 7.80. The maximum atomic E-state index is 6.51. The second-order valence-electron chi connectivity index (χ2n) is 7.66. The van der Waals surface area contributed by atoms with Crippen LogP contribution >= 0.6 is 23.4 Å². The topological polar surface area (TPSA) is 62.3 Å². The molecular weight excluding hydrogens is 418 g/mol. The summed E-state index contributed by atoms with van der Waals surface area (Å²) in [6, 6.07) is 14.0. The van der Waals surface area contributed by atoms with E-state index in [4.69, 9.17) is 26.8 Å². The van der Waals surface area contributed by atoms with Crippen LogP contribution in [0.2, 0.25) is 5.02 Å². The van der Waals surface area contributed by atoms with Crippen LogP contribution in [-0.2, 0) is 22.4 Å². The van der Waals surface area contributed by atoms with Crippen molar-refractivity contribution in [1.29, 1.82) is 0 Å². The molecule has 2 aromatic carbocycles. The van der Waals surface area contributed by atoms with Crippen molar-refractivity contribution in [2.75, 3.05) is 18.1 Å². The molecule has 2 heterocycles. The van der Waals surface area contributed by atoms with E-state index >= 15 is 0 Å². The Labute approximate surface area is 186 Å². The molecule has 0 bridgehead atoms. The number of aryl methyl sites for hydroxylation is 2. The van der Waals surface area contributed by atoms with E-state index in [9.17, 15) is 0 Å². The molecule has 158 valence electrons. The number of hydrogen-bond donors (Lipinski definition) is 1. The fraction of sp³-hybridized carbons (Fsp3) is 0.348. The van der Waals surface area contributed by atoms with Gasteiger partial charge in [0.2, 0.25) is 0 Å². The molecule has 5 nitrogen and oxygen atoms in total. The third kappa shape index (κ3) is 5.38. The Morgan fingerprint density at radius 2 is 2.10 bits per heavy atom. The normalized spacial score (nSPS) is 21.2. The summed E-state index contributed by atoms with van der Waals surface area (Å²) in [5, 5.41) is 0.746. The quantitative estimate of drug-likeness (QED) is 0.393. The first kappa shape index (κ1) is 21.2. The minimum Gasteiger partial charge on any atom is -0.399 e. The van der Waals surface area contributed by atoms with Crippen molar-refractivity contribution in [3.05, 3.63) is 77.3 Å². The third-order valence-electron chi connectivity index (χ3n) is 5.23. The number of aromatic nitrogens is 2. The number of thioether (sulfide) groups is 1. The van der Waals surface area contributed by atoms with Crippen molar-refractivity contribution in [3.63, 3.8) is 0 Å². The molecule has 2 atom stereocenters. The molecule has 0 aliphatic carbocycles. The highest BCUT2D eigenvalue weighted by Crippen LogP contribution is 2.34. The van der Waals surface area contributed by atoms with Crippen LogP contribution in [0.1, 0.15) is 17.5 Å². The smallest absolute Gasteiger partial charge is 0.187 e. The van der Waals surface area contributed by atoms with Gasteiger partial charge in [-0.15, -0.1) is 11.8 Å². The summed E-state index contributed by atoms with van der Waals surface area (Å²) in [6.07, 6.45) is 7.16. The Morgan fingerprint density at radius 3 is 2.83 bits per heavy atom. The molecule has 7 heteroatoms. The van der Waals surface area contributed by atoms with Crippen molar-refractivity contribution in [2.45, 2.75) is 43.1 Å². The number of rotatable bonds is 8. The Kier molecular flexibility index (Phi) is 6.68. The van der Waals surface area contributed by atoms with Crippen LogP contribution in [0, 0.1) is 6.92 Å². The number of nitrogens with two attached hydrogens (primary N) is 1. The van der Waals surface area contributed by atoms with Gasteiger partial charge in [-0.1, -0.05) is 23.7 Å². The van der Waals surface area contributed by atoms with E-state index in [0.29, 0.717) is 13.2 Å². The minimum atomic E-state index is -0.665. The van der Waals surface area contributed by atoms with Crippen LogP contribution in [-0.4, -0.2) is 33.8 Å². The van der Waals surface area contributed by atoms with Crippen molar-refractivity contribution in [1.82, 2.24) is 9.55 Å². The molecule has 3 aromatic rings. The zero-order chi connectivity index (χ0) is 21.0. The molecule has 0 unspecified atom stereocenters. The summed E-state index contributed by atoms with van der Waals surface area (Å²) in [7, 11) is 0. The first-order valence-corrected chi connectivity index (χ1v) is 11.4. The molecule has 0 spiro atoms. The first-order valence-electron chi connectivity index (χ1n) is 10.0. The van der Waals surface area contributed by atoms with Gasteiger partial charge in [0, 0.05) is 40.2 Å². The van der Waals surface area contributed by atoms with Crippen molar-refractivity contribution in [3.8, 4) is 0 Å². The SMILES string of the molecule is Cc1cc(N)ccc1SC[C@H]1CO[C@@](CCc2ccc(Cl)cc2)(Cn2ccnc2)O1. The van der Waals surface area contributed by atoms with Gasteiger partial charge in [-0.3, -0.25) is 0 Å². The zero-order valence-corrected chi connectivity index (χ0v) is 18.5. The summed E-state index contributed by atoms with van der Waals surface area (Å²) in [5.41, 5.74) is 9.06. The maximum Gasteiger partial charge on any atom is 0.187 e. The van der Waals surface area contributed by atoms with Crippen LogP contribution in [0.4, 0.5) is 5.69 Å². The number of ether oxygens (including phenoxy) is 2.